The van der Waals surface area contributed by atoms with Gasteiger partial charge in [-0.15, -0.1) is 0 Å². The van der Waals surface area contributed by atoms with Crippen molar-refractivity contribution in [2.45, 2.75) is 59.3 Å². The molecule has 1 aromatic rings. The molecule has 0 saturated heterocycles. The zero-order chi connectivity index (χ0) is 23.2. The highest BCUT2D eigenvalue weighted by molar-refractivity contribution is 7.81. The maximum atomic E-state index is 11.3. The Morgan fingerprint density at radius 1 is 1.10 bits per heavy atom. The second-order valence-corrected chi connectivity index (χ2v) is 11.3. The van der Waals surface area contributed by atoms with Gasteiger partial charge in [0.2, 0.25) is 0 Å². The lowest BCUT2D eigenvalue weighted by molar-refractivity contribution is -0.0490. The Morgan fingerprint density at radius 2 is 1.74 bits per heavy atom. The topological polar surface area (TPSA) is 133 Å². The van der Waals surface area contributed by atoms with Gasteiger partial charge in [0.15, 0.2) is 0 Å². The van der Waals surface area contributed by atoms with Crippen LogP contribution in [0.25, 0.3) is 0 Å². The minimum Gasteiger partial charge on any atom is -0.716 e. The van der Waals surface area contributed by atoms with Gasteiger partial charge in [0.1, 0.15) is 11.5 Å². The number of hydrogen-bond donors (Lipinski definition) is 0. The molecule has 2 saturated carbocycles. The number of allylic oxidation sites excluding steroid dienone is 1. The first-order valence-corrected chi connectivity index (χ1v) is 12.9. The summed E-state index contributed by atoms with van der Waals surface area (Å²) in [5, 5.41) is 0. The fourth-order valence-corrected chi connectivity index (χ4v) is 6.45. The fourth-order valence-electron chi connectivity index (χ4n) is 5.73. The van der Waals surface area contributed by atoms with Crippen molar-refractivity contribution in [3.63, 3.8) is 0 Å². The maximum Gasteiger partial charge on any atom is 0.262 e. The molecule has 4 atom stereocenters. The molecule has 0 aliphatic heterocycles. The van der Waals surface area contributed by atoms with Crippen LogP contribution in [-0.4, -0.2) is 25.9 Å². The van der Waals surface area contributed by atoms with Crippen molar-refractivity contribution in [3.05, 3.63) is 35.9 Å². The fraction of sp³-hybridized carbons (Fsp3) is 0.619. The van der Waals surface area contributed by atoms with Gasteiger partial charge < -0.3 is 17.5 Å². The normalized spacial score (nSPS) is 31.7. The molecule has 0 N–H and O–H groups in total. The zero-order valence-corrected chi connectivity index (χ0v) is 19.6. The quantitative estimate of drug-likeness (QED) is 0.348. The summed E-state index contributed by atoms with van der Waals surface area (Å²) in [4.78, 5) is 0. The standard InChI is InChI=1S/C21H30O8S2/c1-14-6-5-7-19-20(14,3)11-10-15(2)21(19,4)13-16-12-17(28-30(22,23)24)8-9-18(16)29-31(25,26)27/h8-9,12,15,19H,1,5-7,10-11,13H2,2-4H3,(H,22,23,24)(H,25,26,27)/p-2/t15-,19-,20+,21-/m1/s1. The van der Waals surface area contributed by atoms with Crippen molar-refractivity contribution < 1.29 is 34.3 Å². The van der Waals surface area contributed by atoms with E-state index in [1.165, 1.54) is 11.6 Å². The van der Waals surface area contributed by atoms with E-state index >= 15 is 0 Å². The Balaban J connectivity index is 2.07. The summed E-state index contributed by atoms with van der Waals surface area (Å²) in [7, 11) is -10.1. The molecule has 0 heterocycles. The highest BCUT2D eigenvalue weighted by Gasteiger charge is 2.54. The third kappa shape index (κ3) is 5.08. The first-order chi connectivity index (χ1) is 14.1. The van der Waals surface area contributed by atoms with Crippen molar-refractivity contribution in [1.82, 2.24) is 0 Å². The molecule has 8 nitrogen and oxygen atoms in total. The predicted molar refractivity (Wildman–Crippen MR) is 112 cm³/mol. The van der Waals surface area contributed by atoms with Crippen LogP contribution in [0.4, 0.5) is 0 Å². The smallest absolute Gasteiger partial charge is 0.262 e. The molecule has 0 unspecified atom stereocenters. The molecule has 2 aliphatic carbocycles. The third-order valence-corrected chi connectivity index (χ3v) is 8.34. The molecule has 31 heavy (non-hydrogen) atoms. The maximum absolute atomic E-state index is 11.3. The predicted octanol–water partition coefficient (Wildman–Crippen LogP) is 3.71. The molecule has 0 spiro atoms. The molecular weight excluding hydrogens is 444 g/mol. The Kier molecular flexibility index (Phi) is 6.25. The first-order valence-electron chi connectivity index (χ1n) is 10.3. The molecule has 0 amide bonds. The Bertz CT molecular complexity index is 1080. The average Bonchev–Trinajstić information content (AvgIpc) is 2.61. The van der Waals surface area contributed by atoms with E-state index in [0.29, 0.717) is 12.0 Å². The summed E-state index contributed by atoms with van der Waals surface area (Å²) in [6.07, 6.45) is 5.26. The molecule has 0 radical (unpaired) electrons. The average molecular weight is 473 g/mol. The lowest BCUT2D eigenvalue weighted by atomic mass is 9.46. The van der Waals surface area contributed by atoms with Gasteiger partial charge in [0.05, 0.1) is 0 Å². The molecule has 1 aromatic carbocycles. The minimum atomic E-state index is -5.05. The number of fused-ring (bicyclic) bond motifs is 1. The van der Waals surface area contributed by atoms with Crippen molar-refractivity contribution in [2.75, 3.05) is 0 Å². The van der Waals surface area contributed by atoms with Crippen LogP contribution in [0.2, 0.25) is 0 Å². The van der Waals surface area contributed by atoms with Crippen LogP contribution in [0.15, 0.2) is 30.4 Å². The van der Waals surface area contributed by atoms with E-state index in [1.807, 2.05) is 0 Å². The van der Waals surface area contributed by atoms with E-state index in [1.54, 1.807) is 0 Å². The number of hydrogen-bond acceptors (Lipinski definition) is 8. The summed E-state index contributed by atoms with van der Waals surface area (Å²) >= 11 is 0. The van der Waals surface area contributed by atoms with Crippen molar-refractivity contribution >= 4 is 20.8 Å². The first kappa shape index (κ1) is 24.0. The Labute approximate surface area is 184 Å². The summed E-state index contributed by atoms with van der Waals surface area (Å²) in [6.45, 7) is 10.8. The molecule has 2 aliphatic rings. The van der Waals surface area contributed by atoms with Gasteiger partial charge >= 0.3 is 0 Å². The van der Waals surface area contributed by atoms with Crippen molar-refractivity contribution in [3.8, 4) is 11.5 Å². The van der Waals surface area contributed by atoms with Crippen molar-refractivity contribution in [2.24, 2.45) is 22.7 Å². The second-order valence-electron chi connectivity index (χ2n) is 9.34. The number of benzene rings is 1. The molecule has 10 heteroatoms. The second kappa shape index (κ2) is 8.06. The van der Waals surface area contributed by atoms with Crippen LogP contribution in [-0.2, 0) is 27.2 Å². The van der Waals surface area contributed by atoms with Crippen LogP contribution >= 0.6 is 0 Å². The SMILES string of the molecule is C=C1CCC[C@H]2[C@](C)(Cc3cc(OS(=O)(=O)[O-])ccc3OS(=O)(=O)[O-])[C@H](C)CC[C@@]12C. The van der Waals surface area contributed by atoms with Gasteiger partial charge in [0.25, 0.3) is 20.8 Å². The molecule has 0 bridgehead atoms. The summed E-state index contributed by atoms with van der Waals surface area (Å²) < 4.78 is 75.9. The van der Waals surface area contributed by atoms with Crippen LogP contribution in [0.1, 0.15) is 58.4 Å². The number of rotatable bonds is 6. The summed E-state index contributed by atoms with van der Waals surface area (Å²) in [6, 6.07) is 3.48. The molecular formula is C21H28O8S2-2. The largest absolute Gasteiger partial charge is 0.716 e. The zero-order valence-electron chi connectivity index (χ0n) is 17.9. The van der Waals surface area contributed by atoms with E-state index in [4.69, 9.17) is 0 Å². The molecule has 174 valence electrons. The van der Waals surface area contributed by atoms with Gasteiger partial charge in [-0.2, -0.15) is 0 Å². The Morgan fingerprint density at radius 3 is 2.35 bits per heavy atom. The van der Waals surface area contributed by atoms with E-state index in [9.17, 15) is 25.9 Å². The van der Waals surface area contributed by atoms with E-state index in [0.717, 1.165) is 44.2 Å². The van der Waals surface area contributed by atoms with Crippen LogP contribution in [0.5, 0.6) is 11.5 Å². The Hall–Kier alpha value is -1.62. The molecule has 0 aromatic heterocycles. The molecule has 2 fully saturated rings. The lowest BCUT2D eigenvalue weighted by Gasteiger charge is -2.59. The van der Waals surface area contributed by atoms with Crippen molar-refractivity contribution in [1.29, 1.82) is 0 Å². The third-order valence-electron chi connectivity index (χ3n) is 7.56. The summed E-state index contributed by atoms with van der Waals surface area (Å²) in [5.74, 6) is 0.0695. The van der Waals surface area contributed by atoms with E-state index < -0.39 is 20.8 Å². The monoisotopic (exact) mass is 472 g/mol. The summed E-state index contributed by atoms with van der Waals surface area (Å²) in [5.41, 5.74) is 1.15. The minimum absolute atomic E-state index is 0.0579. The van der Waals surface area contributed by atoms with Crippen LogP contribution in [0.3, 0.4) is 0 Å². The van der Waals surface area contributed by atoms with Gasteiger partial charge in [-0.05, 0) is 79.4 Å². The highest BCUT2D eigenvalue weighted by Crippen LogP contribution is 2.62. The van der Waals surface area contributed by atoms with Gasteiger partial charge in [-0.1, -0.05) is 32.9 Å². The van der Waals surface area contributed by atoms with E-state index in [2.05, 4.69) is 35.7 Å². The highest BCUT2D eigenvalue weighted by atomic mass is 32.3. The van der Waals surface area contributed by atoms with Crippen LogP contribution < -0.4 is 8.37 Å². The van der Waals surface area contributed by atoms with E-state index in [-0.39, 0.29) is 34.2 Å². The van der Waals surface area contributed by atoms with Crippen LogP contribution in [0, 0.1) is 22.7 Å². The van der Waals surface area contributed by atoms with Gasteiger partial charge in [-0.25, -0.2) is 16.8 Å². The lowest BCUT2D eigenvalue weighted by Crippen LogP contribution is -2.51. The van der Waals surface area contributed by atoms with Gasteiger partial charge in [-0.3, -0.25) is 0 Å². The molecule has 3 rings (SSSR count). The van der Waals surface area contributed by atoms with Gasteiger partial charge in [0, 0.05) is 5.56 Å².